The normalized spacial score (nSPS) is 25.6. The number of amides is 2. The fourth-order valence-electron chi connectivity index (χ4n) is 4.06. The molecule has 1 aromatic carbocycles. The van der Waals surface area contributed by atoms with Crippen molar-refractivity contribution >= 4 is 23.4 Å². The summed E-state index contributed by atoms with van der Waals surface area (Å²) in [4.78, 5) is 27.5. The van der Waals surface area contributed by atoms with E-state index in [0.717, 1.165) is 11.3 Å². The van der Waals surface area contributed by atoms with Gasteiger partial charge in [0.1, 0.15) is 10.6 Å². The number of carbonyl (C=O) groups is 2. The van der Waals surface area contributed by atoms with Crippen LogP contribution in [0.25, 0.3) is 0 Å². The van der Waals surface area contributed by atoms with Crippen molar-refractivity contribution in [2.24, 2.45) is 0 Å². The Morgan fingerprint density at radius 2 is 1.96 bits per heavy atom. The van der Waals surface area contributed by atoms with Gasteiger partial charge in [0.15, 0.2) is 0 Å². The lowest BCUT2D eigenvalue weighted by Gasteiger charge is -2.40. The van der Waals surface area contributed by atoms with Gasteiger partial charge in [0, 0.05) is 31.7 Å². The molecule has 1 saturated heterocycles. The maximum Gasteiger partial charge on any atom is 0.236 e. The predicted octanol–water partition coefficient (Wildman–Crippen LogP) is 2.50. The molecule has 2 amide bonds. The highest BCUT2D eigenvalue weighted by molar-refractivity contribution is 6.29. The first-order chi connectivity index (χ1) is 12.0. The zero-order chi connectivity index (χ0) is 17.6. The average Bonchev–Trinajstić information content (AvgIpc) is 3.20. The van der Waals surface area contributed by atoms with Crippen LogP contribution in [0.5, 0.6) is 0 Å². The first-order valence-corrected chi connectivity index (χ1v) is 8.89. The van der Waals surface area contributed by atoms with E-state index in [-0.39, 0.29) is 24.3 Å². The Balaban J connectivity index is 1.72. The molecule has 2 aliphatic rings. The third-order valence-electron chi connectivity index (χ3n) is 5.47. The lowest BCUT2D eigenvalue weighted by atomic mass is 9.77. The molecule has 5 nitrogen and oxygen atoms in total. The molecule has 0 spiro atoms. The molecule has 2 aromatic rings. The van der Waals surface area contributed by atoms with Crippen molar-refractivity contribution in [2.75, 3.05) is 13.1 Å². The van der Waals surface area contributed by atoms with Gasteiger partial charge in [-0.2, -0.15) is 0 Å². The van der Waals surface area contributed by atoms with Gasteiger partial charge < -0.3 is 14.8 Å². The van der Waals surface area contributed by atoms with Crippen molar-refractivity contribution in [1.29, 1.82) is 0 Å². The first kappa shape index (κ1) is 16.2. The molecular weight excluding hydrogens is 338 g/mol. The molecule has 3 heterocycles. The van der Waals surface area contributed by atoms with E-state index in [2.05, 4.69) is 5.32 Å². The minimum atomic E-state index is -0.828. The number of carbonyl (C=O) groups excluding carboxylic acids is 2. The van der Waals surface area contributed by atoms with Crippen molar-refractivity contribution in [1.82, 2.24) is 14.8 Å². The van der Waals surface area contributed by atoms with E-state index in [1.165, 1.54) is 0 Å². The summed E-state index contributed by atoms with van der Waals surface area (Å²) in [5.74, 6) is -0.0681. The molecule has 0 saturated carbocycles. The highest BCUT2D eigenvalue weighted by Crippen LogP contribution is 2.38. The number of halogens is 1. The highest BCUT2D eigenvalue weighted by Gasteiger charge is 2.49. The Morgan fingerprint density at radius 3 is 2.64 bits per heavy atom. The number of hydrogen-bond donors (Lipinski definition) is 1. The van der Waals surface area contributed by atoms with Gasteiger partial charge in [0.2, 0.25) is 11.8 Å². The van der Waals surface area contributed by atoms with Crippen LogP contribution in [-0.2, 0) is 21.5 Å². The second-order valence-corrected chi connectivity index (χ2v) is 7.20. The van der Waals surface area contributed by atoms with Crippen molar-refractivity contribution < 1.29 is 9.59 Å². The molecule has 1 N–H and O–H groups in total. The summed E-state index contributed by atoms with van der Waals surface area (Å²) in [6.45, 7) is 3.62. The Bertz CT molecular complexity index is 832. The lowest BCUT2D eigenvalue weighted by Crippen LogP contribution is -2.51. The quantitative estimate of drug-likeness (QED) is 0.897. The van der Waals surface area contributed by atoms with E-state index < -0.39 is 5.41 Å². The van der Waals surface area contributed by atoms with Crippen molar-refractivity contribution in [2.45, 2.75) is 31.3 Å². The van der Waals surface area contributed by atoms with Crippen LogP contribution in [-0.4, -0.2) is 34.4 Å². The van der Waals surface area contributed by atoms with Crippen LogP contribution in [0.1, 0.15) is 30.6 Å². The number of fused-ring (bicyclic) bond motifs is 1. The van der Waals surface area contributed by atoms with Gasteiger partial charge >= 0.3 is 0 Å². The van der Waals surface area contributed by atoms with Gasteiger partial charge in [-0.3, -0.25) is 9.59 Å². The minimum absolute atomic E-state index is 0.00752. The van der Waals surface area contributed by atoms with Crippen LogP contribution in [0.15, 0.2) is 42.5 Å². The monoisotopic (exact) mass is 357 g/mol. The van der Waals surface area contributed by atoms with Gasteiger partial charge in [0.05, 0.1) is 6.04 Å². The molecule has 2 atom stereocenters. The Morgan fingerprint density at radius 1 is 1.20 bits per heavy atom. The molecule has 0 radical (unpaired) electrons. The molecule has 0 bridgehead atoms. The highest BCUT2D eigenvalue weighted by atomic mass is 35.5. The van der Waals surface area contributed by atoms with E-state index in [1.54, 1.807) is 0 Å². The Labute approximate surface area is 151 Å². The molecule has 1 aromatic heterocycles. The summed E-state index contributed by atoms with van der Waals surface area (Å²) < 4.78 is 2.04. The molecule has 1 fully saturated rings. The number of rotatable bonds is 2. The SMILES string of the molecule is CC1c2ccc(Cl)n2CCN1C(=O)C1(c2ccccc2)CNC(=O)C1. The van der Waals surface area contributed by atoms with E-state index in [4.69, 9.17) is 11.6 Å². The Hall–Kier alpha value is -2.27. The smallest absolute Gasteiger partial charge is 0.236 e. The van der Waals surface area contributed by atoms with Crippen LogP contribution in [0.4, 0.5) is 0 Å². The average molecular weight is 358 g/mol. The summed E-state index contributed by atoms with van der Waals surface area (Å²) in [6, 6.07) is 13.4. The molecule has 4 rings (SSSR count). The van der Waals surface area contributed by atoms with E-state index in [9.17, 15) is 9.59 Å². The second kappa shape index (κ2) is 5.92. The third-order valence-corrected chi connectivity index (χ3v) is 5.80. The lowest BCUT2D eigenvalue weighted by molar-refractivity contribution is -0.141. The Kier molecular flexibility index (Phi) is 3.84. The van der Waals surface area contributed by atoms with Crippen LogP contribution in [0, 0.1) is 0 Å². The predicted molar refractivity (Wildman–Crippen MR) is 95.3 cm³/mol. The topological polar surface area (TPSA) is 54.3 Å². The van der Waals surface area contributed by atoms with Crippen LogP contribution < -0.4 is 5.32 Å². The zero-order valence-corrected chi connectivity index (χ0v) is 14.8. The van der Waals surface area contributed by atoms with Gasteiger partial charge in [-0.05, 0) is 24.6 Å². The number of benzene rings is 1. The minimum Gasteiger partial charge on any atom is -0.355 e. The summed E-state index contributed by atoms with van der Waals surface area (Å²) in [5, 5.41) is 3.55. The largest absolute Gasteiger partial charge is 0.355 e. The molecular formula is C19H20ClN3O2. The molecule has 6 heteroatoms. The standard InChI is InChI=1S/C19H20ClN3O2/c1-13-15-7-8-16(20)23(15)10-9-22(13)18(25)19(11-17(24)21-12-19)14-5-3-2-4-6-14/h2-8,13H,9-12H2,1H3,(H,21,24). The maximum atomic E-state index is 13.6. The van der Waals surface area contributed by atoms with Crippen LogP contribution >= 0.6 is 11.6 Å². The van der Waals surface area contributed by atoms with Crippen LogP contribution in [0.2, 0.25) is 5.15 Å². The van der Waals surface area contributed by atoms with Gasteiger partial charge in [-0.25, -0.2) is 0 Å². The van der Waals surface area contributed by atoms with Gasteiger partial charge in [-0.1, -0.05) is 41.9 Å². The second-order valence-electron chi connectivity index (χ2n) is 6.81. The van der Waals surface area contributed by atoms with Crippen molar-refractivity contribution in [3.8, 4) is 0 Å². The molecule has 2 unspecified atom stereocenters. The van der Waals surface area contributed by atoms with Crippen LogP contribution in [0.3, 0.4) is 0 Å². The number of aromatic nitrogens is 1. The fourth-order valence-corrected chi connectivity index (χ4v) is 4.30. The fraction of sp³-hybridized carbons (Fsp3) is 0.368. The van der Waals surface area contributed by atoms with E-state index in [1.807, 2.05) is 58.9 Å². The number of nitrogens with zero attached hydrogens (tertiary/aromatic N) is 2. The summed E-state index contributed by atoms with van der Waals surface area (Å²) in [5.41, 5.74) is 1.10. The van der Waals surface area contributed by atoms with Crippen molar-refractivity contribution in [3.05, 3.63) is 58.9 Å². The molecule has 2 aliphatic heterocycles. The van der Waals surface area contributed by atoms with E-state index in [0.29, 0.717) is 24.8 Å². The summed E-state index contributed by atoms with van der Waals surface area (Å²) in [6.07, 6.45) is 0.195. The molecule has 25 heavy (non-hydrogen) atoms. The zero-order valence-electron chi connectivity index (χ0n) is 14.0. The summed E-state index contributed by atoms with van der Waals surface area (Å²) in [7, 11) is 0. The van der Waals surface area contributed by atoms with E-state index >= 15 is 0 Å². The summed E-state index contributed by atoms with van der Waals surface area (Å²) >= 11 is 6.22. The number of hydrogen-bond acceptors (Lipinski definition) is 2. The third kappa shape index (κ3) is 2.45. The van der Waals surface area contributed by atoms with Crippen molar-refractivity contribution in [3.63, 3.8) is 0 Å². The first-order valence-electron chi connectivity index (χ1n) is 8.51. The van der Waals surface area contributed by atoms with Gasteiger partial charge in [0.25, 0.3) is 0 Å². The number of nitrogens with one attached hydrogen (secondary N) is 1. The maximum absolute atomic E-state index is 13.6. The molecule has 0 aliphatic carbocycles. The molecule has 130 valence electrons. The van der Waals surface area contributed by atoms with Gasteiger partial charge in [-0.15, -0.1) is 0 Å².